The van der Waals surface area contributed by atoms with Crippen molar-refractivity contribution in [3.8, 4) is 28.4 Å². The Morgan fingerprint density at radius 3 is 2.43 bits per heavy atom. The molecule has 4 rings (SSSR count). The van der Waals surface area contributed by atoms with E-state index in [0.29, 0.717) is 22.5 Å². The molecule has 4 aromatic rings. The van der Waals surface area contributed by atoms with Gasteiger partial charge >= 0.3 is 5.69 Å². The SMILES string of the molecule is O=C(C=Cc1cccc(O)c1)c1cccc(-n2c(-c3ccc(O)cc3)c[nH]c2=O)c1. The number of nitrogens with zero attached hydrogens (tertiary/aromatic N) is 1. The third kappa shape index (κ3) is 3.93. The number of hydrogen-bond donors (Lipinski definition) is 3. The van der Waals surface area contributed by atoms with Crippen LogP contribution in [-0.2, 0) is 0 Å². The first-order valence-electron chi connectivity index (χ1n) is 9.23. The van der Waals surface area contributed by atoms with Crippen molar-refractivity contribution >= 4 is 11.9 Å². The number of nitrogens with one attached hydrogen (secondary N) is 1. The molecular weight excluding hydrogens is 380 g/mol. The molecule has 0 saturated heterocycles. The number of ketones is 1. The van der Waals surface area contributed by atoms with Crippen LogP contribution in [0.4, 0.5) is 0 Å². The molecule has 0 fully saturated rings. The molecule has 0 bridgehead atoms. The fraction of sp³-hybridized carbons (Fsp3) is 0. The number of phenolic OH excluding ortho intramolecular Hbond substituents is 2. The van der Waals surface area contributed by atoms with Crippen LogP contribution < -0.4 is 5.69 Å². The molecule has 1 heterocycles. The van der Waals surface area contributed by atoms with Gasteiger partial charge in [0.25, 0.3) is 0 Å². The Hall–Kier alpha value is -4.32. The molecule has 0 aliphatic rings. The zero-order valence-electron chi connectivity index (χ0n) is 15.8. The van der Waals surface area contributed by atoms with Gasteiger partial charge in [-0.3, -0.25) is 9.36 Å². The van der Waals surface area contributed by atoms with Crippen molar-refractivity contribution in [3.63, 3.8) is 0 Å². The van der Waals surface area contributed by atoms with Crippen LogP contribution in [-0.4, -0.2) is 25.5 Å². The van der Waals surface area contributed by atoms with Crippen LogP contribution in [0.3, 0.4) is 0 Å². The van der Waals surface area contributed by atoms with E-state index < -0.39 is 0 Å². The standard InChI is InChI=1S/C24H18N2O4/c27-20-10-8-17(9-11-20)22-15-25-24(30)26(22)19-5-2-4-18(14-19)23(29)12-7-16-3-1-6-21(28)13-16/h1-15,27-28H,(H,25,30). The second-order valence-electron chi connectivity index (χ2n) is 6.70. The van der Waals surface area contributed by atoms with Crippen molar-refractivity contribution in [1.82, 2.24) is 9.55 Å². The third-order valence-corrected chi connectivity index (χ3v) is 4.63. The van der Waals surface area contributed by atoms with Crippen molar-refractivity contribution in [2.45, 2.75) is 0 Å². The predicted octanol–water partition coefficient (Wildman–Crippen LogP) is 4.14. The first-order chi connectivity index (χ1) is 14.5. The van der Waals surface area contributed by atoms with Crippen LogP contribution in [0, 0.1) is 0 Å². The predicted molar refractivity (Wildman–Crippen MR) is 115 cm³/mol. The topological polar surface area (TPSA) is 95.3 Å². The highest BCUT2D eigenvalue weighted by molar-refractivity contribution is 6.07. The Morgan fingerprint density at radius 2 is 1.67 bits per heavy atom. The van der Waals surface area contributed by atoms with Gasteiger partial charge in [-0.05, 0) is 60.2 Å². The van der Waals surface area contributed by atoms with Gasteiger partial charge in [0.2, 0.25) is 0 Å². The van der Waals surface area contributed by atoms with Gasteiger partial charge in [0.1, 0.15) is 11.5 Å². The van der Waals surface area contributed by atoms with E-state index in [-0.39, 0.29) is 23.0 Å². The zero-order valence-corrected chi connectivity index (χ0v) is 15.8. The summed E-state index contributed by atoms with van der Waals surface area (Å²) >= 11 is 0. The maximum Gasteiger partial charge on any atom is 0.330 e. The van der Waals surface area contributed by atoms with Gasteiger partial charge in [-0.1, -0.05) is 30.3 Å². The smallest absolute Gasteiger partial charge is 0.330 e. The van der Waals surface area contributed by atoms with Gasteiger partial charge in [-0.15, -0.1) is 0 Å². The van der Waals surface area contributed by atoms with Crippen molar-refractivity contribution in [2.24, 2.45) is 0 Å². The molecule has 0 saturated carbocycles. The van der Waals surface area contributed by atoms with Gasteiger partial charge in [-0.2, -0.15) is 0 Å². The molecule has 6 nitrogen and oxygen atoms in total. The Labute approximate surface area is 172 Å². The van der Waals surface area contributed by atoms with Crippen LogP contribution in [0.25, 0.3) is 23.0 Å². The Bertz CT molecular complexity index is 1300. The molecule has 3 N–H and O–H groups in total. The Balaban J connectivity index is 1.67. The number of hydrogen-bond acceptors (Lipinski definition) is 4. The van der Waals surface area contributed by atoms with E-state index in [1.54, 1.807) is 85.1 Å². The summed E-state index contributed by atoms with van der Waals surface area (Å²) in [6.07, 6.45) is 4.64. The Kier molecular flexibility index (Phi) is 5.05. The summed E-state index contributed by atoms with van der Waals surface area (Å²) in [5.74, 6) is 0.0319. The Morgan fingerprint density at radius 1 is 0.900 bits per heavy atom. The summed E-state index contributed by atoms with van der Waals surface area (Å²) < 4.78 is 1.47. The molecule has 148 valence electrons. The van der Waals surface area contributed by atoms with Gasteiger partial charge in [0.05, 0.1) is 11.4 Å². The van der Waals surface area contributed by atoms with Crippen LogP contribution >= 0.6 is 0 Å². The van der Waals surface area contributed by atoms with E-state index in [4.69, 9.17) is 0 Å². The lowest BCUT2D eigenvalue weighted by Gasteiger charge is -2.09. The van der Waals surface area contributed by atoms with Crippen molar-refractivity contribution in [3.05, 3.63) is 107 Å². The lowest BCUT2D eigenvalue weighted by Crippen LogP contribution is -2.16. The number of aromatic nitrogens is 2. The molecule has 0 amide bonds. The number of allylic oxidation sites excluding steroid dienone is 1. The summed E-state index contributed by atoms with van der Waals surface area (Å²) in [5.41, 5.74) is 2.69. The number of aromatic hydroxyl groups is 2. The first kappa shape index (κ1) is 19.0. The van der Waals surface area contributed by atoms with Crippen LogP contribution in [0.15, 0.2) is 89.9 Å². The number of phenols is 2. The van der Waals surface area contributed by atoms with E-state index in [0.717, 1.165) is 5.56 Å². The summed E-state index contributed by atoms with van der Waals surface area (Å²) in [4.78, 5) is 27.7. The summed E-state index contributed by atoms with van der Waals surface area (Å²) in [6.45, 7) is 0. The van der Waals surface area contributed by atoms with Crippen molar-refractivity contribution in [1.29, 1.82) is 0 Å². The molecule has 3 aromatic carbocycles. The van der Waals surface area contributed by atoms with Gasteiger partial charge in [-0.25, -0.2) is 4.79 Å². The number of benzene rings is 3. The maximum absolute atomic E-state index is 12.6. The van der Waals surface area contributed by atoms with Crippen LogP contribution in [0.1, 0.15) is 15.9 Å². The van der Waals surface area contributed by atoms with E-state index >= 15 is 0 Å². The van der Waals surface area contributed by atoms with Crippen molar-refractivity contribution in [2.75, 3.05) is 0 Å². The molecule has 0 spiro atoms. The second-order valence-corrected chi connectivity index (χ2v) is 6.70. The molecule has 0 radical (unpaired) electrons. The van der Waals surface area contributed by atoms with Gasteiger partial charge in [0.15, 0.2) is 5.78 Å². The van der Waals surface area contributed by atoms with Crippen LogP contribution in [0.5, 0.6) is 11.5 Å². The molecule has 0 aliphatic carbocycles. The first-order valence-corrected chi connectivity index (χ1v) is 9.23. The molecular formula is C24H18N2O4. The van der Waals surface area contributed by atoms with E-state index in [1.807, 2.05) is 0 Å². The van der Waals surface area contributed by atoms with Crippen LogP contribution in [0.2, 0.25) is 0 Å². The average molecular weight is 398 g/mol. The normalized spacial score (nSPS) is 11.1. The number of aromatic amines is 1. The largest absolute Gasteiger partial charge is 0.508 e. The fourth-order valence-corrected chi connectivity index (χ4v) is 3.16. The minimum atomic E-state index is -0.335. The van der Waals surface area contributed by atoms with E-state index in [9.17, 15) is 19.8 Å². The molecule has 30 heavy (non-hydrogen) atoms. The summed E-state index contributed by atoms with van der Waals surface area (Å²) in [6, 6.07) is 19.9. The number of carbonyl (C=O) groups is 1. The number of carbonyl (C=O) groups excluding carboxylic acids is 1. The van der Waals surface area contributed by atoms with E-state index in [1.165, 1.54) is 10.6 Å². The minimum absolute atomic E-state index is 0.125. The maximum atomic E-state index is 12.6. The van der Waals surface area contributed by atoms with Gasteiger partial charge in [0, 0.05) is 17.3 Å². The van der Waals surface area contributed by atoms with Crippen molar-refractivity contribution < 1.29 is 15.0 Å². The highest BCUT2D eigenvalue weighted by atomic mass is 16.3. The lowest BCUT2D eigenvalue weighted by atomic mass is 10.1. The third-order valence-electron chi connectivity index (χ3n) is 4.63. The minimum Gasteiger partial charge on any atom is -0.508 e. The number of H-pyrrole nitrogens is 1. The molecule has 0 atom stereocenters. The number of rotatable bonds is 5. The molecule has 0 aliphatic heterocycles. The highest BCUT2D eigenvalue weighted by Gasteiger charge is 2.12. The average Bonchev–Trinajstić information content (AvgIpc) is 3.14. The molecule has 0 unspecified atom stereocenters. The quantitative estimate of drug-likeness (QED) is 0.348. The van der Waals surface area contributed by atoms with E-state index in [2.05, 4.69) is 4.98 Å². The lowest BCUT2D eigenvalue weighted by molar-refractivity contribution is 0.104. The summed E-state index contributed by atoms with van der Waals surface area (Å²) in [5, 5.41) is 19.0. The van der Waals surface area contributed by atoms with Gasteiger partial charge < -0.3 is 15.2 Å². The summed E-state index contributed by atoms with van der Waals surface area (Å²) in [7, 11) is 0. The fourth-order valence-electron chi connectivity index (χ4n) is 3.16. The monoisotopic (exact) mass is 398 g/mol. The molecule has 1 aromatic heterocycles. The zero-order chi connectivity index (χ0) is 21.1. The second kappa shape index (κ2) is 7.97. The number of imidazole rings is 1. The highest BCUT2D eigenvalue weighted by Crippen LogP contribution is 2.23. The molecule has 6 heteroatoms.